The molecule has 5 nitrogen and oxygen atoms in total. The van der Waals surface area contributed by atoms with E-state index in [1.165, 1.54) is 12.7 Å². The van der Waals surface area contributed by atoms with Gasteiger partial charge < -0.3 is 14.7 Å². The molecule has 2 aromatic carbocycles. The first-order chi connectivity index (χ1) is 12.4. The lowest BCUT2D eigenvalue weighted by Gasteiger charge is -2.23. The van der Waals surface area contributed by atoms with Crippen LogP contribution >= 0.6 is 0 Å². The molecule has 0 aromatic heterocycles. The third-order valence-electron chi connectivity index (χ3n) is 4.57. The Hall–Kier alpha value is -2.82. The predicted octanol–water partition coefficient (Wildman–Crippen LogP) is 4.39. The van der Waals surface area contributed by atoms with Gasteiger partial charge in [-0.2, -0.15) is 0 Å². The number of ether oxygens (including phenoxy) is 1. The Bertz CT molecular complexity index is 779. The van der Waals surface area contributed by atoms with Crippen LogP contribution in [0.2, 0.25) is 0 Å². The standard InChI is InChI=1S/C21H25NO4/c1-5-21(2,3)16-10-12-17(13-11-16)26-14-15-8-6-7-9-18(15)19(20(23)24)22-25-4/h6-13H,5,14H2,1-4H3,(H,23,24). The lowest BCUT2D eigenvalue weighted by Crippen LogP contribution is -2.17. The second kappa shape index (κ2) is 8.52. The summed E-state index contributed by atoms with van der Waals surface area (Å²) in [5, 5.41) is 13.0. The van der Waals surface area contributed by atoms with Crippen molar-refractivity contribution >= 4 is 11.7 Å². The maximum Gasteiger partial charge on any atom is 0.358 e. The molecule has 0 radical (unpaired) electrons. The van der Waals surface area contributed by atoms with E-state index in [9.17, 15) is 9.90 Å². The Kier molecular flexibility index (Phi) is 6.39. The highest BCUT2D eigenvalue weighted by Gasteiger charge is 2.19. The zero-order valence-corrected chi connectivity index (χ0v) is 15.7. The van der Waals surface area contributed by atoms with Crippen molar-refractivity contribution in [3.63, 3.8) is 0 Å². The maximum atomic E-state index is 11.4. The first-order valence-electron chi connectivity index (χ1n) is 8.55. The van der Waals surface area contributed by atoms with Gasteiger partial charge in [-0.1, -0.05) is 62.3 Å². The quantitative estimate of drug-likeness (QED) is 0.563. The van der Waals surface area contributed by atoms with Crippen molar-refractivity contribution in [1.82, 2.24) is 0 Å². The minimum Gasteiger partial charge on any atom is -0.489 e. The van der Waals surface area contributed by atoms with Gasteiger partial charge in [0.05, 0.1) is 0 Å². The molecule has 26 heavy (non-hydrogen) atoms. The Balaban J connectivity index is 2.18. The number of nitrogens with zero attached hydrogens (tertiary/aromatic N) is 1. The van der Waals surface area contributed by atoms with Crippen molar-refractivity contribution in [3.05, 3.63) is 65.2 Å². The Labute approximate surface area is 154 Å². The van der Waals surface area contributed by atoms with Crippen molar-refractivity contribution in [2.24, 2.45) is 5.16 Å². The molecule has 1 N–H and O–H groups in total. The van der Waals surface area contributed by atoms with Crippen molar-refractivity contribution in [1.29, 1.82) is 0 Å². The van der Waals surface area contributed by atoms with E-state index in [0.717, 1.165) is 17.7 Å². The van der Waals surface area contributed by atoms with Crippen molar-refractivity contribution < 1.29 is 19.5 Å². The second-order valence-electron chi connectivity index (χ2n) is 6.64. The van der Waals surface area contributed by atoms with Crippen LogP contribution in [-0.4, -0.2) is 23.9 Å². The van der Waals surface area contributed by atoms with E-state index >= 15 is 0 Å². The van der Waals surface area contributed by atoms with E-state index in [4.69, 9.17) is 4.74 Å². The van der Waals surface area contributed by atoms with Crippen LogP contribution in [-0.2, 0) is 21.7 Å². The van der Waals surface area contributed by atoms with Gasteiger partial charge in [0.2, 0.25) is 0 Å². The smallest absolute Gasteiger partial charge is 0.358 e. The van der Waals surface area contributed by atoms with Gasteiger partial charge in [-0.3, -0.25) is 0 Å². The van der Waals surface area contributed by atoms with Crippen LogP contribution in [0.4, 0.5) is 0 Å². The summed E-state index contributed by atoms with van der Waals surface area (Å²) in [6, 6.07) is 15.1. The summed E-state index contributed by atoms with van der Waals surface area (Å²) in [5.41, 5.74) is 2.44. The Morgan fingerprint density at radius 2 is 1.77 bits per heavy atom. The molecule has 0 amide bonds. The van der Waals surface area contributed by atoms with E-state index in [2.05, 4.69) is 42.9 Å². The minimum absolute atomic E-state index is 0.123. The number of rotatable bonds is 8. The second-order valence-corrected chi connectivity index (χ2v) is 6.64. The normalized spacial score (nSPS) is 11.9. The average molecular weight is 355 g/mol. The summed E-state index contributed by atoms with van der Waals surface area (Å²) >= 11 is 0. The molecule has 2 aromatic rings. The van der Waals surface area contributed by atoms with Crippen LogP contribution in [0.3, 0.4) is 0 Å². The highest BCUT2D eigenvalue weighted by atomic mass is 16.6. The topological polar surface area (TPSA) is 68.1 Å². The third-order valence-corrected chi connectivity index (χ3v) is 4.57. The van der Waals surface area contributed by atoms with Gasteiger partial charge in [0.25, 0.3) is 0 Å². The number of carbonyl (C=O) groups is 1. The van der Waals surface area contributed by atoms with Gasteiger partial charge in [0.15, 0.2) is 5.71 Å². The zero-order chi connectivity index (χ0) is 19.2. The number of benzene rings is 2. The summed E-state index contributed by atoms with van der Waals surface area (Å²) in [5.74, 6) is -0.415. The predicted molar refractivity (Wildman–Crippen MR) is 102 cm³/mol. The lowest BCUT2D eigenvalue weighted by molar-refractivity contribution is -0.129. The molecule has 0 aliphatic rings. The molecule has 0 atom stereocenters. The summed E-state index contributed by atoms with van der Waals surface area (Å²) in [6.07, 6.45) is 1.05. The molecule has 0 saturated heterocycles. The minimum atomic E-state index is -1.15. The van der Waals surface area contributed by atoms with Crippen LogP contribution in [0.5, 0.6) is 5.75 Å². The first kappa shape index (κ1) is 19.5. The maximum absolute atomic E-state index is 11.4. The SMILES string of the molecule is CCC(C)(C)c1ccc(OCc2ccccc2C(=NOC)C(=O)O)cc1. The lowest BCUT2D eigenvalue weighted by atomic mass is 9.82. The van der Waals surface area contributed by atoms with E-state index in [1.54, 1.807) is 12.1 Å². The number of aliphatic carboxylic acids is 1. The fraction of sp³-hybridized carbons (Fsp3) is 0.333. The fourth-order valence-electron chi connectivity index (χ4n) is 2.54. The van der Waals surface area contributed by atoms with Gasteiger partial charge in [-0.05, 0) is 35.1 Å². The van der Waals surface area contributed by atoms with E-state index in [-0.39, 0.29) is 17.7 Å². The van der Waals surface area contributed by atoms with Crippen LogP contribution in [0.15, 0.2) is 53.7 Å². The molecule has 0 saturated carbocycles. The highest BCUT2D eigenvalue weighted by molar-refractivity contribution is 6.42. The summed E-state index contributed by atoms with van der Waals surface area (Å²) in [6.45, 7) is 6.83. The monoisotopic (exact) mass is 355 g/mol. The molecule has 0 aliphatic carbocycles. The number of oxime groups is 1. The van der Waals surface area contributed by atoms with Gasteiger partial charge >= 0.3 is 5.97 Å². The van der Waals surface area contributed by atoms with Gasteiger partial charge in [0, 0.05) is 5.56 Å². The number of hydrogen-bond acceptors (Lipinski definition) is 4. The van der Waals surface area contributed by atoms with Crippen molar-refractivity contribution in [2.45, 2.75) is 39.2 Å². The molecule has 2 rings (SSSR count). The van der Waals surface area contributed by atoms with Crippen LogP contribution in [0, 0.1) is 0 Å². The zero-order valence-electron chi connectivity index (χ0n) is 15.7. The summed E-state index contributed by atoms with van der Waals surface area (Å²) in [4.78, 5) is 16.1. The Morgan fingerprint density at radius 1 is 1.12 bits per heavy atom. The highest BCUT2D eigenvalue weighted by Crippen LogP contribution is 2.28. The van der Waals surface area contributed by atoms with Gasteiger partial charge in [-0.25, -0.2) is 4.79 Å². The van der Waals surface area contributed by atoms with Crippen LogP contribution in [0.25, 0.3) is 0 Å². The van der Waals surface area contributed by atoms with Crippen LogP contribution in [0.1, 0.15) is 43.9 Å². The number of hydrogen-bond donors (Lipinski definition) is 1. The molecular formula is C21H25NO4. The molecule has 0 fully saturated rings. The molecule has 0 bridgehead atoms. The largest absolute Gasteiger partial charge is 0.489 e. The molecule has 0 unspecified atom stereocenters. The molecule has 0 aliphatic heterocycles. The Morgan fingerprint density at radius 3 is 2.35 bits per heavy atom. The fourth-order valence-corrected chi connectivity index (χ4v) is 2.54. The molecule has 5 heteroatoms. The molecular weight excluding hydrogens is 330 g/mol. The first-order valence-corrected chi connectivity index (χ1v) is 8.55. The third kappa shape index (κ3) is 4.63. The number of carboxylic acid groups (broad SMARTS) is 1. The van der Waals surface area contributed by atoms with E-state index in [1.807, 2.05) is 24.3 Å². The number of carboxylic acids is 1. The van der Waals surface area contributed by atoms with Gasteiger partial charge in [0.1, 0.15) is 19.5 Å². The summed E-state index contributed by atoms with van der Waals surface area (Å²) in [7, 11) is 1.32. The molecule has 0 heterocycles. The van der Waals surface area contributed by atoms with E-state index < -0.39 is 5.97 Å². The van der Waals surface area contributed by atoms with Gasteiger partial charge in [-0.15, -0.1) is 0 Å². The van der Waals surface area contributed by atoms with Crippen molar-refractivity contribution in [2.75, 3.05) is 7.11 Å². The van der Waals surface area contributed by atoms with E-state index in [0.29, 0.717) is 5.56 Å². The van der Waals surface area contributed by atoms with Crippen LogP contribution < -0.4 is 4.74 Å². The van der Waals surface area contributed by atoms with Crippen molar-refractivity contribution in [3.8, 4) is 5.75 Å². The molecule has 0 spiro atoms. The summed E-state index contributed by atoms with van der Waals surface area (Å²) < 4.78 is 5.85. The molecule has 138 valence electrons. The average Bonchev–Trinajstić information content (AvgIpc) is 2.65.